The summed E-state index contributed by atoms with van der Waals surface area (Å²) in [5.74, 6) is -2.04. The number of carbonyl (C=O) groups excluding carboxylic acids is 2. The van der Waals surface area contributed by atoms with Gasteiger partial charge in [0.05, 0.1) is 0 Å². The normalized spacial score (nSPS) is 9.14. The summed E-state index contributed by atoms with van der Waals surface area (Å²) in [6.07, 6.45) is 3.95. The molecule has 0 aliphatic rings. The molecule has 0 spiro atoms. The maximum absolute atomic E-state index is 9.98. The van der Waals surface area contributed by atoms with Crippen LogP contribution in [0.15, 0.2) is 0 Å². The Bertz CT molecular complexity index is 152. The van der Waals surface area contributed by atoms with Crippen molar-refractivity contribution in [2.45, 2.75) is 44.9 Å². The van der Waals surface area contributed by atoms with Crippen LogP contribution in [0.25, 0.3) is 0 Å². The van der Waals surface area contributed by atoms with E-state index in [1.54, 1.807) is 0 Å². The molecule has 14 heavy (non-hydrogen) atoms. The van der Waals surface area contributed by atoms with E-state index in [0.717, 1.165) is 19.3 Å². The van der Waals surface area contributed by atoms with E-state index in [1.165, 1.54) is 0 Å². The van der Waals surface area contributed by atoms with E-state index in [0.29, 0.717) is 12.8 Å². The van der Waals surface area contributed by atoms with Crippen LogP contribution in [0.3, 0.4) is 0 Å². The number of carboxylic acids is 2. The van der Waals surface area contributed by atoms with E-state index >= 15 is 0 Å². The Morgan fingerprint density at radius 1 is 0.714 bits per heavy atom. The first-order valence-electron chi connectivity index (χ1n) is 4.52. The number of hydrogen-bond acceptors (Lipinski definition) is 4. The fourth-order valence-corrected chi connectivity index (χ4v) is 1.07. The molecular formula is C9H14O4Sr. The first kappa shape index (κ1) is 16.8. The molecule has 0 bridgehead atoms. The van der Waals surface area contributed by atoms with Gasteiger partial charge in [0, 0.05) is 11.9 Å². The summed E-state index contributed by atoms with van der Waals surface area (Å²) < 4.78 is 0. The average molecular weight is 274 g/mol. The van der Waals surface area contributed by atoms with Gasteiger partial charge in [0.25, 0.3) is 0 Å². The zero-order valence-electron chi connectivity index (χ0n) is 8.29. The fourth-order valence-electron chi connectivity index (χ4n) is 1.07. The third kappa shape index (κ3) is 14.9. The Balaban J connectivity index is 0. The predicted octanol–water partition coefficient (Wildman–Crippen LogP) is -1.16. The molecule has 0 unspecified atom stereocenters. The van der Waals surface area contributed by atoms with Crippen LogP contribution in [0, 0.1) is 0 Å². The molecule has 0 atom stereocenters. The van der Waals surface area contributed by atoms with Crippen molar-refractivity contribution < 1.29 is 19.8 Å². The fraction of sp³-hybridized carbons (Fsp3) is 0.778. The Morgan fingerprint density at radius 3 is 1.29 bits per heavy atom. The quantitative estimate of drug-likeness (QED) is 0.413. The summed E-state index contributed by atoms with van der Waals surface area (Å²) in [6.45, 7) is 0. The Hall–Kier alpha value is 0.421. The van der Waals surface area contributed by atoms with E-state index in [1.807, 2.05) is 0 Å². The predicted molar refractivity (Wildman–Crippen MR) is 48.1 cm³/mol. The van der Waals surface area contributed by atoms with Gasteiger partial charge >= 0.3 is 45.5 Å². The number of aliphatic carboxylic acids is 2. The van der Waals surface area contributed by atoms with Gasteiger partial charge in [0.15, 0.2) is 0 Å². The first-order valence-corrected chi connectivity index (χ1v) is 4.52. The van der Waals surface area contributed by atoms with Crippen molar-refractivity contribution in [3.8, 4) is 0 Å². The second kappa shape index (κ2) is 11.5. The number of carbonyl (C=O) groups is 2. The van der Waals surface area contributed by atoms with Crippen LogP contribution in [0.1, 0.15) is 44.9 Å². The molecule has 0 aromatic carbocycles. The van der Waals surface area contributed by atoms with E-state index in [4.69, 9.17) is 0 Å². The van der Waals surface area contributed by atoms with Gasteiger partial charge in [-0.25, -0.2) is 0 Å². The van der Waals surface area contributed by atoms with Crippen LogP contribution in [0.2, 0.25) is 0 Å². The summed E-state index contributed by atoms with van der Waals surface area (Å²) in [6, 6.07) is 0. The molecule has 0 saturated carbocycles. The van der Waals surface area contributed by atoms with Gasteiger partial charge in [0.1, 0.15) is 0 Å². The summed E-state index contributed by atoms with van der Waals surface area (Å²) in [7, 11) is 0. The van der Waals surface area contributed by atoms with Gasteiger partial charge in [-0.2, -0.15) is 0 Å². The van der Waals surface area contributed by atoms with Crippen molar-refractivity contribution >= 4 is 57.4 Å². The smallest absolute Gasteiger partial charge is 0.550 e. The summed E-state index contributed by atoms with van der Waals surface area (Å²) in [5, 5.41) is 20.0. The van der Waals surface area contributed by atoms with Gasteiger partial charge in [-0.05, 0) is 25.7 Å². The van der Waals surface area contributed by atoms with Crippen LogP contribution in [-0.2, 0) is 9.59 Å². The Kier molecular flexibility index (Phi) is 13.8. The summed E-state index contributed by atoms with van der Waals surface area (Å²) >= 11 is 0. The molecule has 0 N–H and O–H groups in total. The second-order valence-corrected chi connectivity index (χ2v) is 3.01. The minimum absolute atomic E-state index is 0. The average Bonchev–Trinajstić information content (AvgIpc) is 2.01. The summed E-state index contributed by atoms with van der Waals surface area (Å²) in [5.41, 5.74) is 0. The molecule has 0 saturated heterocycles. The number of carboxylic acid groups (broad SMARTS) is 2. The van der Waals surface area contributed by atoms with Crippen LogP contribution in [0.4, 0.5) is 0 Å². The molecule has 76 valence electrons. The molecule has 0 aliphatic carbocycles. The van der Waals surface area contributed by atoms with E-state index in [2.05, 4.69) is 0 Å². The molecule has 4 nitrogen and oxygen atoms in total. The van der Waals surface area contributed by atoms with E-state index < -0.39 is 11.9 Å². The maximum Gasteiger partial charge on any atom is 2.00 e. The minimum Gasteiger partial charge on any atom is -0.550 e. The van der Waals surface area contributed by atoms with Crippen molar-refractivity contribution in [1.82, 2.24) is 0 Å². The van der Waals surface area contributed by atoms with Crippen LogP contribution in [0.5, 0.6) is 0 Å². The maximum atomic E-state index is 9.98. The molecule has 0 fully saturated rings. The molecule has 5 heteroatoms. The molecule has 0 aliphatic heterocycles. The minimum atomic E-state index is -1.02. The van der Waals surface area contributed by atoms with Crippen molar-refractivity contribution in [3.05, 3.63) is 0 Å². The van der Waals surface area contributed by atoms with Gasteiger partial charge in [-0.3, -0.25) is 0 Å². The van der Waals surface area contributed by atoms with Crippen LogP contribution in [-0.4, -0.2) is 57.4 Å². The Morgan fingerprint density at radius 2 is 1.00 bits per heavy atom. The molecule has 0 rings (SSSR count). The zero-order chi connectivity index (χ0) is 10.1. The number of rotatable bonds is 8. The van der Waals surface area contributed by atoms with Crippen molar-refractivity contribution in [3.63, 3.8) is 0 Å². The molecule has 0 radical (unpaired) electrons. The van der Waals surface area contributed by atoms with Crippen molar-refractivity contribution in [1.29, 1.82) is 0 Å². The van der Waals surface area contributed by atoms with Gasteiger partial charge < -0.3 is 19.8 Å². The van der Waals surface area contributed by atoms with Gasteiger partial charge in [-0.15, -0.1) is 0 Å². The molecule has 0 heterocycles. The van der Waals surface area contributed by atoms with Crippen molar-refractivity contribution in [2.24, 2.45) is 0 Å². The summed E-state index contributed by atoms with van der Waals surface area (Å²) in [4.78, 5) is 20.0. The van der Waals surface area contributed by atoms with E-state index in [9.17, 15) is 19.8 Å². The molecule has 0 aromatic heterocycles. The number of unbranched alkanes of at least 4 members (excludes halogenated alkanes) is 4. The Labute approximate surface area is 121 Å². The van der Waals surface area contributed by atoms with Gasteiger partial charge in [-0.1, -0.05) is 19.3 Å². The number of hydrogen-bond donors (Lipinski definition) is 0. The second-order valence-electron chi connectivity index (χ2n) is 3.01. The zero-order valence-corrected chi connectivity index (χ0v) is 11.8. The van der Waals surface area contributed by atoms with Crippen molar-refractivity contribution in [2.75, 3.05) is 0 Å². The molecule has 0 amide bonds. The third-order valence-corrected chi connectivity index (χ3v) is 1.76. The largest absolute Gasteiger partial charge is 2.00 e. The molecule has 0 aromatic rings. The van der Waals surface area contributed by atoms with Gasteiger partial charge in [0.2, 0.25) is 0 Å². The SMILES string of the molecule is O=C([O-])CCCCCCCC(=O)[O-].[Sr+2]. The third-order valence-electron chi connectivity index (χ3n) is 1.76. The molecular weight excluding hydrogens is 260 g/mol. The van der Waals surface area contributed by atoms with E-state index in [-0.39, 0.29) is 58.3 Å². The topological polar surface area (TPSA) is 80.3 Å². The van der Waals surface area contributed by atoms with Crippen LogP contribution >= 0.6 is 0 Å². The monoisotopic (exact) mass is 274 g/mol. The first-order chi connectivity index (χ1) is 6.13. The van der Waals surface area contributed by atoms with Crippen LogP contribution < -0.4 is 10.2 Å². The standard InChI is InChI=1S/C9H16O4.Sr/c10-8(11)6-4-2-1-3-5-7-9(12)13;/h1-7H2,(H,10,11)(H,12,13);/q;+2/p-2.